The summed E-state index contributed by atoms with van der Waals surface area (Å²) in [6.45, 7) is 7.35. The maximum atomic E-state index is 13.0. The van der Waals surface area contributed by atoms with Gasteiger partial charge >= 0.3 is 0 Å². The van der Waals surface area contributed by atoms with Gasteiger partial charge in [0, 0.05) is 6.54 Å². The van der Waals surface area contributed by atoms with Crippen LogP contribution in [0.25, 0.3) is 0 Å². The Hall–Kier alpha value is -3.02. The van der Waals surface area contributed by atoms with Crippen molar-refractivity contribution in [2.45, 2.75) is 52.1 Å². The molecule has 2 aromatic carbocycles. The van der Waals surface area contributed by atoms with Crippen LogP contribution >= 0.6 is 0 Å². The lowest BCUT2D eigenvalue weighted by molar-refractivity contribution is -0.138. The van der Waals surface area contributed by atoms with E-state index >= 15 is 0 Å². The van der Waals surface area contributed by atoms with E-state index in [2.05, 4.69) is 19.2 Å². The topological polar surface area (TPSA) is 67.9 Å². The number of methoxy groups -OCH3 is 1. The highest BCUT2D eigenvalue weighted by Crippen LogP contribution is 2.31. The van der Waals surface area contributed by atoms with Crippen LogP contribution in [-0.4, -0.2) is 43.0 Å². The Kier molecular flexibility index (Phi) is 8.14. The zero-order valence-corrected chi connectivity index (χ0v) is 19.5. The van der Waals surface area contributed by atoms with Gasteiger partial charge in [0.15, 0.2) is 11.5 Å². The molecular weight excluding hydrogens is 404 g/mol. The first-order valence-corrected chi connectivity index (χ1v) is 11.3. The summed E-state index contributed by atoms with van der Waals surface area (Å²) in [5.41, 5.74) is 1.89. The van der Waals surface area contributed by atoms with Gasteiger partial charge in [-0.05, 0) is 48.9 Å². The number of hydrogen-bond acceptors (Lipinski definition) is 4. The molecule has 2 atom stereocenters. The maximum absolute atomic E-state index is 13.0. The molecule has 0 bridgehead atoms. The molecule has 1 saturated heterocycles. The van der Waals surface area contributed by atoms with Crippen LogP contribution in [0.2, 0.25) is 0 Å². The van der Waals surface area contributed by atoms with E-state index in [1.165, 1.54) is 0 Å². The van der Waals surface area contributed by atoms with Gasteiger partial charge in [0.1, 0.15) is 6.04 Å². The summed E-state index contributed by atoms with van der Waals surface area (Å²) in [5.74, 6) is 1.63. The van der Waals surface area contributed by atoms with E-state index in [0.29, 0.717) is 43.4 Å². The van der Waals surface area contributed by atoms with Crippen molar-refractivity contribution in [2.24, 2.45) is 5.92 Å². The van der Waals surface area contributed by atoms with Gasteiger partial charge in [-0.25, -0.2) is 0 Å². The lowest BCUT2D eigenvalue weighted by Crippen LogP contribution is -2.47. The number of carbonyl (C=O) groups excluding carboxylic acids is 2. The molecule has 1 aliphatic rings. The van der Waals surface area contributed by atoms with E-state index in [9.17, 15) is 9.59 Å². The van der Waals surface area contributed by atoms with Crippen molar-refractivity contribution in [3.63, 3.8) is 0 Å². The Balaban J connectivity index is 1.63. The summed E-state index contributed by atoms with van der Waals surface area (Å²) in [7, 11) is 1.61. The SMILES string of the molecule is COc1cc(C(C)NC(=O)C2CCCN2C(=O)Cc2ccccc2)ccc1OCC(C)C. The van der Waals surface area contributed by atoms with Crippen LogP contribution in [0.4, 0.5) is 0 Å². The average molecular weight is 439 g/mol. The predicted octanol–water partition coefficient (Wildman–Crippen LogP) is 4.14. The fraction of sp³-hybridized carbons (Fsp3) is 0.462. The predicted molar refractivity (Wildman–Crippen MR) is 125 cm³/mol. The van der Waals surface area contributed by atoms with Gasteiger partial charge in [-0.15, -0.1) is 0 Å². The third-order valence-electron chi connectivity index (χ3n) is 5.69. The molecule has 0 aliphatic carbocycles. The van der Waals surface area contributed by atoms with Gasteiger partial charge < -0.3 is 19.7 Å². The number of rotatable bonds is 9. The lowest BCUT2D eigenvalue weighted by atomic mass is 10.1. The van der Waals surface area contributed by atoms with Crippen molar-refractivity contribution in [2.75, 3.05) is 20.3 Å². The molecule has 1 N–H and O–H groups in total. The second kappa shape index (κ2) is 11.0. The number of carbonyl (C=O) groups is 2. The van der Waals surface area contributed by atoms with Crippen LogP contribution < -0.4 is 14.8 Å². The molecule has 6 heteroatoms. The zero-order chi connectivity index (χ0) is 23.1. The lowest BCUT2D eigenvalue weighted by Gasteiger charge is -2.26. The van der Waals surface area contributed by atoms with Crippen molar-refractivity contribution in [1.29, 1.82) is 0 Å². The third kappa shape index (κ3) is 6.02. The molecule has 1 heterocycles. The molecule has 0 radical (unpaired) electrons. The van der Waals surface area contributed by atoms with E-state index < -0.39 is 6.04 Å². The van der Waals surface area contributed by atoms with Crippen molar-refractivity contribution in [3.8, 4) is 11.5 Å². The van der Waals surface area contributed by atoms with E-state index in [-0.39, 0.29) is 17.9 Å². The van der Waals surface area contributed by atoms with Crippen molar-refractivity contribution in [1.82, 2.24) is 10.2 Å². The van der Waals surface area contributed by atoms with Gasteiger partial charge in [-0.3, -0.25) is 9.59 Å². The van der Waals surface area contributed by atoms with Crippen LogP contribution in [-0.2, 0) is 16.0 Å². The van der Waals surface area contributed by atoms with E-state index in [4.69, 9.17) is 9.47 Å². The Labute approximate surface area is 190 Å². The van der Waals surface area contributed by atoms with Crippen LogP contribution in [0, 0.1) is 5.92 Å². The van der Waals surface area contributed by atoms with Crippen LogP contribution in [0.3, 0.4) is 0 Å². The summed E-state index contributed by atoms with van der Waals surface area (Å²) in [6.07, 6.45) is 1.84. The van der Waals surface area contributed by atoms with Crippen LogP contribution in [0.15, 0.2) is 48.5 Å². The second-order valence-electron chi connectivity index (χ2n) is 8.75. The van der Waals surface area contributed by atoms with Crippen molar-refractivity contribution in [3.05, 3.63) is 59.7 Å². The number of benzene rings is 2. The average Bonchev–Trinajstić information content (AvgIpc) is 3.28. The first-order valence-electron chi connectivity index (χ1n) is 11.3. The van der Waals surface area contributed by atoms with Crippen LogP contribution in [0.5, 0.6) is 11.5 Å². The molecular formula is C26H34N2O4. The van der Waals surface area contributed by atoms with E-state index in [1.807, 2.05) is 55.5 Å². The number of hydrogen-bond donors (Lipinski definition) is 1. The number of likely N-dealkylation sites (tertiary alicyclic amines) is 1. The Morgan fingerprint density at radius 3 is 2.53 bits per heavy atom. The largest absolute Gasteiger partial charge is 0.493 e. The van der Waals surface area contributed by atoms with Gasteiger partial charge in [-0.1, -0.05) is 50.2 Å². The Bertz CT molecular complexity index is 913. The smallest absolute Gasteiger partial charge is 0.243 e. The first-order chi connectivity index (χ1) is 15.4. The fourth-order valence-corrected chi connectivity index (χ4v) is 3.93. The quantitative estimate of drug-likeness (QED) is 0.639. The normalized spacial score (nSPS) is 16.7. The molecule has 3 rings (SSSR count). The minimum Gasteiger partial charge on any atom is -0.493 e. The van der Waals surface area contributed by atoms with Gasteiger partial charge in [0.25, 0.3) is 0 Å². The molecule has 0 spiro atoms. The second-order valence-corrected chi connectivity index (χ2v) is 8.75. The summed E-state index contributed by atoms with van der Waals surface area (Å²) >= 11 is 0. The van der Waals surface area contributed by atoms with Crippen molar-refractivity contribution >= 4 is 11.8 Å². The highest BCUT2D eigenvalue weighted by molar-refractivity contribution is 5.89. The van der Waals surface area contributed by atoms with Gasteiger partial charge in [0.2, 0.25) is 11.8 Å². The number of nitrogens with zero attached hydrogens (tertiary/aromatic N) is 1. The molecule has 0 aromatic heterocycles. The molecule has 2 aromatic rings. The molecule has 32 heavy (non-hydrogen) atoms. The van der Waals surface area contributed by atoms with E-state index in [1.54, 1.807) is 12.0 Å². The summed E-state index contributed by atoms with van der Waals surface area (Å²) in [4.78, 5) is 27.6. The van der Waals surface area contributed by atoms with Gasteiger partial charge in [-0.2, -0.15) is 0 Å². The van der Waals surface area contributed by atoms with Crippen molar-refractivity contribution < 1.29 is 19.1 Å². The minimum absolute atomic E-state index is 0.00479. The fourth-order valence-electron chi connectivity index (χ4n) is 3.93. The number of ether oxygens (including phenoxy) is 2. The summed E-state index contributed by atoms with van der Waals surface area (Å²) < 4.78 is 11.3. The van der Waals surface area contributed by atoms with E-state index in [0.717, 1.165) is 17.5 Å². The van der Waals surface area contributed by atoms with Crippen LogP contribution in [0.1, 0.15) is 50.8 Å². The highest BCUT2D eigenvalue weighted by atomic mass is 16.5. The molecule has 6 nitrogen and oxygen atoms in total. The Morgan fingerprint density at radius 2 is 1.84 bits per heavy atom. The van der Waals surface area contributed by atoms with Gasteiger partial charge in [0.05, 0.1) is 26.2 Å². The standard InChI is InChI=1S/C26H34N2O4/c1-18(2)17-32-23-13-12-21(16-24(23)31-4)19(3)27-26(30)22-11-8-14-28(22)25(29)15-20-9-6-5-7-10-20/h5-7,9-10,12-13,16,18-19,22H,8,11,14-15,17H2,1-4H3,(H,27,30). The highest BCUT2D eigenvalue weighted by Gasteiger charge is 2.34. The number of nitrogens with one attached hydrogen (secondary N) is 1. The summed E-state index contributed by atoms with van der Waals surface area (Å²) in [6, 6.07) is 14.7. The Morgan fingerprint density at radius 1 is 1.09 bits per heavy atom. The summed E-state index contributed by atoms with van der Waals surface area (Å²) in [5, 5.41) is 3.08. The molecule has 0 saturated carbocycles. The molecule has 172 valence electrons. The molecule has 1 aliphatic heterocycles. The zero-order valence-electron chi connectivity index (χ0n) is 19.5. The molecule has 2 unspecified atom stereocenters. The number of amides is 2. The molecule has 1 fully saturated rings. The first kappa shape index (κ1) is 23.6. The maximum Gasteiger partial charge on any atom is 0.243 e. The monoisotopic (exact) mass is 438 g/mol. The minimum atomic E-state index is -0.427. The third-order valence-corrected chi connectivity index (χ3v) is 5.69. The molecule has 2 amide bonds.